The number of aliphatic carboxylic acids is 1. The Morgan fingerprint density at radius 1 is 0.842 bits per heavy atom. The molecule has 4 rings (SSSR count). The number of carbonyl (C=O) groups excluding carboxylic acids is 6. The van der Waals surface area contributed by atoms with Crippen LogP contribution >= 0.6 is 0 Å². The van der Waals surface area contributed by atoms with Crippen LogP contribution in [-0.2, 0) is 41.6 Å². The molecule has 0 spiro atoms. The number of nitrogens with zero attached hydrogens (tertiary/aromatic N) is 3. The van der Waals surface area contributed by atoms with Gasteiger partial charge < -0.3 is 31.3 Å². The van der Waals surface area contributed by atoms with Crippen LogP contribution in [0.3, 0.4) is 0 Å². The van der Waals surface area contributed by atoms with Crippen LogP contribution in [0, 0.1) is 18.8 Å². The maximum atomic E-state index is 14.4. The number of carboxylic acids is 1. The molecule has 1 aliphatic rings. The molecule has 57 heavy (non-hydrogen) atoms. The first-order valence-electron chi connectivity index (χ1n) is 19.4. The molecule has 0 saturated carbocycles. The molecular weight excluding hydrogens is 731 g/mol. The maximum Gasteiger partial charge on any atom is 0.326 e. The van der Waals surface area contributed by atoms with E-state index < -0.39 is 77.4 Å². The second-order valence-corrected chi connectivity index (χ2v) is 14.7. The summed E-state index contributed by atoms with van der Waals surface area (Å²) in [6, 6.07) is 10.2. The van der Waals surface area contributed by atoms with E-state index in [9.17, 15) is 38.7 Å². The number of rotatable bonds is 19. The first-order valence-corrected chi connectivity index (χ1v) is 19.4. The van der Waals surface area contributed by atoms with Crippen LogP contribution in [0.4, 0.5) is 0 Å². The Balaban J connectivity index is 1.52. The van der Waals surface area contributed by atoms with Gasteiger partial charge in [0.1, 0.15) is 29.9 Å². The quantitative estimate of drug-likeness (QED) is 0.112. The van der Waals surface area contributed by atoms with Crippen LogP contribution in [0.25, 0.3) is 0 Å². The van der Waals surface area contributed by atoms with Gasteiger partial charge in [0, 0.05) is 31.8 Å². The van der Waals surface area contributed by atoms with Crippen molar-refractivity contribution >= 4 is 41.3 Å². The second kappa shape index (κ2) is 20.8. The molecule has 2 heterocycles. The van der Waals surface area contributed by atoms with Crippen molar-refractivity contribution in [2.45, 2.75) is 103 Å². The average molecular weight is 784 g/mol. The van der Waals surface area contributed by atoms with Crippen molar-refractivity contribution < 1.29 is 38.7 Å². The molecule has 1 unspecified atom stereocenters. The van der Waals surface area contributed by atoms with Crippen molar-refractivity contribution in [3.8, 4) is 0 Å². The highest BCUT2D eigenvalue weighted by Gasteiger charge is 2.45. The van der Waals surface area contributed by atoms with Crippen LogP contribution in [0.1, 0.15) is 80.6 Å². The Morgan fingerprint density at radius 2 is 1.54 bits per heavy atom. The minimum absolute atomic E-state index is 0.0133. The van der Waals surface area contributed by atoms with Gasteiger partial charge in [0.15, 0.2) is 0 Å². The zero-order chi connectivity index (χ0) is 41.6. The Morgan fingerprint density at radius 3 is 2.16 bits per heavy atom. The van der Waals surface area contributed by atoms with Gasteiger partial charge in [-0.05, 0) is 48.3 Å². The number of benzene rings is 2. The molecule has 5 amide bonds. The lowest BCUT2D eigenvalue weighted by molar-refractivity contribution is -0.146. The van der Waals surface area contributed by atoms with Crippen LogP contribution in [0.5, 0.6) is 0 Å². The molecule has 1 saturated heterocycles. The van der Waals surface area contributed by atoms with E-state index in [-0.39, 0.29) is 37.4 Å². The lowest BCUT2D eigenvalue weighted by Crippen LogP contribution is -2.60. The van der Waals surface area contributed by atoms with E-state index in [0.717, 1.165) is 11.1 Å². The summed E-state index contributed by atoms with van der Waals surface area (Å²) < 4.78 is 0. The first-order chi connectivity index (χ1) is 27.2. The summed E-state index contributed by atoms with van der Waals surface area (Å²) in [6.45, 7) is 9.28. The van der Waals surface area contributed by atoms with Crippen molar-refractivity contribution in [2.24, 2.45) is 11.8 Å². The van der Waals surface area contributed by atoms with Gasteiger partial charge in [-0.2, -0.15) is 0 Å². The van der Waals surface area contributed by atoms with Crippen molar-refractivity contribution in [1.82, 2.24) is 36.1 Å². The Hall–Kier alpha value is -5.99. The molecule has 6 atom stereocenters. The smallest absolute Gasteiger partial charge is 0.326 e. The highest BCUT2D eigenvalue weighted by atomic mass is 16.4. The number of likely N-dealkylation sites (tertiary alicyclic amines) is 1. The Labute approximate surface area is 332 Å². The lowest BCUT2D eigenvalue weighted by Gasteiger charge is -2.33. The van der Waals surface area contributed by atoms with Gasteiger partial charge >= 0.3 is 5.97 Å². The molecule has 304 valence electrons. The van der Waals surface area contributed by atoms with Gasteiger partial charge in [-0.25, -0.2) is 9.78 Å². The second-order valence-electron chi connectivity index (χ2n) is 14.7. The molecule has 15 nitrogen and oxygen atoms in total. The molecule has 1 fully saturated rings. The summed E-state index contributed by atoms with van der Waals surface area (Å²) in [5, 5.41) is 20.4. The molecule has 1 aliphatic heterocycles. The standard InChI is InChI=1S/C42H53N7O8/c1-6-13-30(36(50)40(54)47-32(42(56)57)22-27-15-9-8-10-16-27)45-39(53)35-28(7-2)18-21-49(35)41(55)34(25(3)4)48-37(51)31(23-29-17-12-11-14-26(29)5)46-38(52)33-24-43-19-20-44-33/h8-12,14-17,19-20,24-25,28,30-32,34-35H,6-7,13,18,21-23H2,1-5H3,(H,45,53)(H,46,52)(H,47,54)(H,48,51)(H,56,57)/t28-,30?,31-,32-,34-,35-/m0/s1. The van der Waals surface area contributed by atoms with Crippen LogP contribution < -0.4 is 21.3 Å². The van der Waals surface area contributed by atoms with Crippen LogP contribution in [0.2, 0.25) is 0 Å². The van der Waals surface area contributed by atoms with E-state index >= 15 is 0 Å². The summed E-state index contributed by atoms with van der Waals surface area (Å²) in [6.07, 6.45) is 5.66. The van der Waals surface area contributed by atoms with E-state index in [1.165, 1.54) is 23.5 Å². The van der Waals surface area contributed by atoms with Crippen LogP contribution in [-0.4, -0.2) is 98.0 Å². The SMILES string of the molecule is CCCC(NC(=O)[C@@H]1[C@@H](CC)CCN1C(=O)[C@@H](NC(=O)[C@H](Cc1ccccc1C)NC(=O)c1cnccn1)C(C)C)C(=O)C(=O)N[C@@H](Cc1ccccc1)C(=O)O. The largest absolute Gasteiger partial charge is 0.480 e. The maximum absolute atomic E-state index is 14.4. The summed E-state index contributed by atoms with van der Waals surface area (Å²) in [5.41, 5.74) is 2.38. The number of hydrogen-bond donors (Lipinski definition) is 5. The summed E-state index contributed by atoms with van der Waals surface area (Å²) in [5.74, 6) is -6.54. The third-order valence-electron chi connectivity index (χ3n) is 10.3. The van der Waals surface area contributed by atoms with E-state index in [1.54, 1.807) is 51.1 Å². The first kappa shape index (κ1) is 43.7. The number of aromatic nitrogens is 2. The van der Waals surface area contributed by atoms with E-state index in [1.807, 2.05) is 38.1 Å². The van der Waals surface area contributed by atoms with Gasteiger partial charge in [0.25, 0.3) is 11.8 Å². The molecule has 15 heteroatoms. The molecule has 0 aliphatic carbocycles. The van der Waals surface area contributed by atoms with Crippen molar-refractivity contribution in [2.75, 3.05) is 6.54 Å². The fourth-order valence-corrected chi connectivity index (χ4v) is 7.00. The van der Waals surface area contributed by atoms with Crippen molar-refractivity contribution in [3.05, 3.63) is 95.6 Å². The van der Waals surface area contributed by atoms with E-state index in [4.69, 9.17) is 0 Å². The number of ketones is 1. The number of Topliss-reactive ketones (excluding diaryl/α,β-unsaturated/α-hetero) is 1. The Kier molecular flexibility index (Phi) is 16.0. The molecule has 0 radical (unpaired) electrons. The lowest BCUT2D eigenvalue weighted by atomic mass is 9.94. The minimum atomic E-state index is -1.38. The average Bonchev–Trinajstić information content (AvgIpc) is 3.64. The van der Waals surface area contributed by atoms with Crippen LogP contribution in [0.15, 0.2) is 73.2 Å². The minimum Gasteiger partial charge on any atom is -0.480 e. The Bertz CT molecular complexity index is 1890. The summed E-state index contributed by atoms with van der Waals surface area (Å²) >= 11 is 0. The predicted molar refractivity (Wildman–Crippen MR) is 210 cm³/mol. The zero-order valence-electron chi connectivity index (χ0n) is 33.1. The topological polar surface area (TPSA) is 217 Å². The molecule has 3 aromatic rings. The molecule has 1 aromatic heterocycles. The van der Waals surface area contributed by atoms with E-state index in [0.29, 0.717) is 24.8 Å². The van der Waals surface area contributed by atoms with E-state index in [2.05, 4.69) is 31.2 Å². The highest BCUT2D eigenvalue weighted by molar-refractivity contribution is 6.38. The summed E-state index contributed by atoms with van der Waals surface area (Å²) in [7, 11) is 0. The summed E-state index contributed by atoms with van der Waals surface area (Å²) in [4.78, 5) is 104. The normalized spacial score (nSPS) is 17.1. The number of carboxylic acid groups (broad SMARTS) is 1. The third kappa shape index (κ3) is 11.8. The predicted octanol–water partition coefficient (Wildman–Crippen LogP) is 2.56. The number of carbonyl (C=O) groups is 7. The number of aryl methyl sites for hydroxylation is 1. The van der Waals surface area contributed by atoms with Gasteiger partial charge in [-0.15, -0.1) is 0 Å². The highest BCUT2D eigenvalue weighted by Crippen LogP contribution is 2.29. The van der Waals surface area contributed by atoms with Crippen molar-refractivity contribution in [3.63, 3.8) is 0 Å². The van der Waals surface area contributed by atoms with Gasteiger partial charge in [-0.3, -0.25) is 33.8 Å². The fraction of sp³-hybridized carbons (Fsp3) is 0.452. The van der Waals surface area contributed by atoms with Gasteiger partial charge in [0.05, 0.1) is 12.2 Å². The monoisotopic (exact) mass is 783 g/mol. The van der Waals surface area contributed by atoms with Crippen molar-refractivity contribution in [1.29, 1.82) is 0 Å². The third-order valence-corrected chi connectivity index (χ3v) is 10.3. The number of nitrogens with one attached hydrogen (secondary N) is 4. The fourth-order valence-electron chi connectivity index (χ4n) is 7.00. The number of amides is 5. The van der Waals surface area contributed by atoms with Gasteiger partial charge in [-0.1, -0.05) is 95.1 Å². The molecule has 5 N–H and O–H groups in total. The molecule has 0 bridgehead atoms. The number of hydrogen-bond acceptors (Lipinski definition) is 9. The molecular formula is C42H53N7O8. The zero-order valence-corrected chi connectivity index (χ0v) is 33.1. The molecule has 2 aromatic carbocycles. The van der Waals surface area contributed by atoms with Gasteiger partial charge in [0.2, 0.25) is 23.5 Å².